The number of methoxy groups -OCH3 is 2. The van der Waals surface area contributed by atoms with E-state index in [1.807, 2.05) is 4.90 Å². The van der Waals surface area contributed by atoms with Crippen LogP contribution in [0.3, 0.4) is 0 Å². The van der Waals surface area contributed by atoms with Gasteiger partial charge in [-0.1, -0.05) is 19.3 Å². The molecule has 0 heterocycles. The molecule has 2 rings (SSSR count). The summed E-state index contributed by atoms with van der Waals surface area (Å²) in [6.07, 6.45) is 5.71. The van der Waals surface area contributed by atoms with Crippen LogP contribution in [0.25, 0.3) is 0 Å². The minimum atomic E-state index is -0.187. The summed E-state index contributed by atoms with van der Waals surface area (Å²) in [5, 5.41) is 2.88. The van der Waals surface area contributed by atoms with Gasteiger partial charge in [0.2, 0.25) is 5.91 Å². The minimum absolute atomic E-state index is 0.0762. The Kier molecular flexibility index (Phi) is 7.10. The molecule has 0 atom stereocenters. The van der Waals surface area contributed by atoms with Crippen LogP contribution in [0.1, 0.15) is 49.4 Å². The number of carbonyl (C=O) groups is 2. The average molecular weight is 348 g/mol. The molecule has 0 aliphatic heterocycles. The first-order valence-corrected chi connectivity index (χ1v) is 8.84. The van der Waals surface area contributed by atoms with Crippen molar-refractivity contribution >= 4 is 11.8 Å². The van der Waals surface area contributed by atoms with Gasteiger partial charge in [-0.05, 0) is 31.0 Å². The van der Waals surface area contributed by atoms with Gasteiger partial charge >= 0.3 is 0 Å². The lowest BCUT2D eigenvalue weighted by Crippen LogP contribution is -2.44. The second-order valence-corrected chi connectivity index (χ2v) is 6.33. The van der Waals surface area contributed by atoms with Crippen LogP contribution >= 0.6 is 0 Å². The minimum Gasteiger partial charge on any atom is -0.493 e. The Morgan fingerprint density at radius 1 is 1.12 bits per heavy atom. The highest BCUT2D eigenvalue weighted by Gasteiger charge is 2.23. The number of rotatable bonds is 7. The largest absolute Gasteiger partial charge is 0.493 e. The molecule has 1 aliphatic rings. The van der Waals surface area contributed by atoms with E-state index in [1.165, 1.54) is 26.4 Å². The highest BCUT2D eigenvalue weighted by atomic mass is 16.5. The Hall–Kier alpha value is -2.24. The monoisotopic (exact) mass is 348 g/mol. The second kappa shape index (κ2) is 9.30. The molecule has 0 unspecified atom stereocenters. The summed E-state index contributed by atoms with van der Waals surface area (Å²) in [5.74, 6) is 0.988. The molecule has 1 aliphatic carbocycles. The van der Waals surface area contributed by atoms with E-state index in [0.29, 0.717) is 36.2 Å². The third kappa shape index (κ3) is 5.11. The van der Waals surface area contributed by atoms with Crippen LogP contribution in [0.5, 0.6) is 11.5 Å². The number of carbonyl (C=O) groups excluding carboxylic acids is 2. The molecule has 1 fully saturated rings. The van der Waals surface area contributed by atoms with Crippen molar-refractivity contribution in [3.63, 3.8) is 0 Å². The molecule has 6 nitrogen and oxygen atoms in total. The van der Waals surface area contributed by atoms with Crippen molar-refractivity contribution in [3.05, 3.63) is 23.8 Å². The van der Waals surface area contributed by atoms with E-state index in [1.54, 1.807) is 32.2 Å². The van der Waals surface area contributed by atoms with Crippen molar-refractivity contribution in [2.45, 2.75) is 45.1 Å². The van der Waals surface area contributed by atoms with Gasteiger partial charge in [0, 0.05) is 31.6 Å². The summed E-state index contributed by atoms with van der Waals surface area (Å²) >= 11 is 0. The summed E-state index contributed by atoms with van der Waals surface area (Å²) in [6.45, 7) is 2.58. The lowest BCUT2D eigenvalue weighted by molar-refractivity contribution is -0.131. The normalized spacial score (nSPS) is 14.7. The zero-order chi connectivity index (χ0) is 18.2. The maximum atomic E-state index is 12.3. The van der Waals surface area contributed by atoms with Crippen LogP contribution < -0.4 is 14.8 Å². The predicted molar refractivity (Wildman–Crippen MR) is 96.1 cm³/mol. The number of ether oxygens (including phenoxy) is 2. The van der Waals surface area contributed by atoms with Gasteiger partial charge in [-0.2, -0.15) is 0 Å². The highest BCUT2D eigenvalue weighted by molar-refractivity contribution is 5.94. The molecule has 0 bridgehead atoms. The van der Waals surface area contributed by atoms with E-state index in [4.69, 9.17) is 9.47 Å². The summed E-state index contributed by atoms with van der Waals surface area (Å²) in [4.78, 5) is 26.2. The molecule has 1 aromatic rings. The second-order valence-electron chi connectivity index (χ2n) is 6.33. The Morgan fingerprint density at radius 3 is 2.40 bits per heavy atom. The third-order valence-electron chi connectivity index (χ3n) is 4.70. The van der Waals surface area contributed by atoms with Crippen LogP contribution in [-0.4, -0.2) is 50.1 Å². The zero-order valence-corrected chi connectivity index (χ0v) is 15.3. The molecular weight excluding hydrogens is 320 g/mol. The molecule has 0 aromatic heterocycles. The van der Waals surface area contributed by atoms with Crippen molar-refractivity contribution in [1.29, 1.82) is 0 Å². The topological polar surface area (TPSA) is 67.9 Å². The quantitative estimate of drug-likeness (QED) is 0.822. The van der Waals surface area contributed by atoms with Crippen molar-refractivity contribution in [2.75, 3.05) is 27.3 Å². The summed E-state index contributed by atoms with van der Waals surface area (Å²) in [7, 11) is 3.09. The van der Waals surface area contributed by atoms with E-state index in [-0.39, 0.29) is 11.8 Å². The van der Waals surface area contributed by atoms with Crippen molar-refractivity contribution in [3.8, 4) is 11.5 Å². The molecule has 6 heteroatoms. The Bertz CT molecular complexity index is 597. The fourth-order valence-electron chi connectivity index (χ4n) is 3.36. The maximum absolute atomic E-state index is 12.3. The van der Waals surface area contributed by atoms with E-state index in [9.17, 15) is 9.59 Å². The molecule has 1 saturated carbocycles. The molecule has 1 N–H and O–H groups in total. The fraction of sp³-hybridized carbons (Fsp3) is 0.579. The number of nitrogens with one attached hydrogen (secondary N) is 1. The van der Waals surface area contributed by atoms with Gasteiger partial charge in [-0.15, -0.1) is 0 Å². The first-order chi connectivity index (χ1) is 12.1. The lowest BCUT2D eigenvalue weighted by Gasteiger charge is -2.33. The number of hydrogen-bond acceptors (Lipinski definition) is 4. The van der Waals surface area contributed by atoms with Crippen molar-refractivity contribution < 1.29 is 19.1 Å². The first kappa shape index (κ1) is 19.1. The standard InChI is InChI=1S/C19H28N2O4/c1-14(22)21(16-7-5-4-6-8-16)12-11-20-19(23)15-9-10-17(24-2)18(13-15)25-3/h9-10,13,16H,4-8,11-12H2,1-3H3,(H,20,23). The average Bonchev–Trinajstić information content (AvgIpc) is 2.64. The Labute approximate surface area is 149 Å². The molecule has 2 amide bonds. The van der Waals surface area contributed by atoms with Gasteiger partial charge in [0.1, 0.15) is 0 Å². The van der Waals surface area contributed by atoms with Crippen molar-refractivity contribution in [2.24, 2.45) is 0 Å². The Balaban J connectivity index is 1.91. The smallest absolute Gasteiger partial charge is 0.251 e. The molecule has 138 valence electrons. The summed E-state index contributed by atoms with van der Waals surface area (Å²) in [5.41, 5.74) is 0.504. The highest BCUT2D eigenvalue weighted by Crippen LogP contribution is 2.27. The van der Waals surface area contributed by atoms with E-state index >= 15 is 0 Å². The fourth-order valence-corrected chi connectivity index (χ4v) is 3.36. The van der Waals surface area contributed by atoms with Crippen LogP contribution in [0, 0.1) is 0 Å². The molecule has 25 heavy (non-hydrogen) atoms. The number of nitrogens with zero attached hydrogens (tertiary/aromatic N) is 1. The van der Waals surface area contributed by atoms with Crippen LogP contribution in [0.4, 0.5) is 0 Å². The third-order valence-corrected chi connectivity index (χ3v) is 4.70. The summed E-state index contributed by atoms with van der Waals surface area (Å²) < 4.78 is 10.4. The van der Waals surface area contributed by atoms with E-state index < -0.39 is 0 Å². The predicted octanol–water partition coefficient (Wildman–Crippen LogP) is 2.61. The van der Waals surface area contributed by atoms with E-state index in [2.05, 4.69) is 5.32 Å². The van der Waals surface area contributed by atoms with Gasteiger partial charge < -0.3 is 19.7 Å². The van der Waals surface area contributed by atoms with Crippen LogP contribution in [0.15, 0.2) is 18.2 Å². The van der Waals surface area contributed by atoms with Crippen LogP contribution in [-0.2, 0) is 4.79 Å². The summed E-state index contributed by atoms with van der Waals surface area (Å²) in [6, 6.07) is 5.36. The van der Waals surface area contributed by atoms with Gasteiger partial charge in [0.25, 0.3) is 5.91 Å². The van der Waals surface area contributed by atoms with E-state index in [0.717, 1.165) is 12.8 Å². The molecule has 1 aromatic carbocycles. The number of amides is 2. The van der Waals surface area contributed by atoms with Crippen LogP contribution in [0.2, 0.25) is 0 Å². The Morgan fingerprint density at radius 2 is 1.80 bits per heavy atom. The number of hydrogen-bond donors (Lipinski definition) is 1. The SMILES string of the molecule is COc1ccc(C(=O)NCCN(C(C)=O)C2CCCCC2)cc1OC. The molecule has 0 radical (unpaired) electrons. The lowest BCUT2D eigenvalue weighted by atomic mass is 9.94. The van der Waals surface area contributed by atoms with Gasteiger partial charge in [0.05, 0.1) is 14.2 Å². The van der Waals surface area contributed by atoms with Gasteiger partial charge in [0.15, 0.2) is 11.5 Å². The maximum Gasteiger partial charge on any atom is 0.251 e. The first-order valence-electron chi connectivity index (χ1n) is 8.84. The molecule has 0 spiro atoms. The zero-order valence-electron chi connectivity index (χ0n) is 15.3. The number of benzene rings is 1. The van der Waals surface area contributed by atoms with Gasteiger partial charge in [-0.3, -0.25) is 9.59 Å². The molecule has 0 saturated heterocycles. The van der Waals surface area contributed by atoms with Gasteiger partial charge in [-0.25, -0.2) is 0 Å². The molecular formula is C19H28N2O4. The van der Waals surface area contributed by atoms with Crippen molar-refractivity contribution in [1.82, 2.24) is 10.2 Å².